The normalized spacial score (nSPS) is 11.9. The lowest BCUT2D eigenvalue weighted by molar-refractivity contribution is -0.863. The number of rotatable bonds is 11. The van der Waals surface area contributed by atoms with Crippen molar-refractivity contribution in [2.45, 2.75) is 26.9 Å². The minimum Gasteiger partial charge on any atom is -0.435 e. The van der Waals surface area contributed by atoms with Gasteiger partial charge in [-0.1, -0.05) is 12.1 Å². The van der Waals surface area contributed by atoms with E-state index in [9.17, 15) is 18.4 Å². The van der Waals surface area contributed by atoms with E-state index in [0.29, 0.717) is 26.1 Å². The van der Waals surface area contributed by atoms with Gasteiger partial charge in [0.25, 0.3) is 11.8 Å². The minimum atomic E-state index is -2.84. The van der Waals surface area contributed by atoms with Crippen LogP contribution in [0.1, 0.15) is 19.4 Å². The largest absolute Gasteiger partial charge is 0.435 e. The molecule has 1 unspecified atom stereocenters. The highest BCUT2D eigenvalue weighted by molar-refractivity contribution is 5.79. The molecule has 0 fully saturated rings. The first kappa shape index (κ1) is 21.8. The first-order valence-corrected chi connectivity index (χ1v) is 8.75. The predicted molar refractivity (Wildman–Crippen MR) is 94.3 cm³/mol. The third-order valence-electron chi connectivity index (χ3n) is 3.92. The third-order valence-corrected chi connectivity index (χ3v) is 3.92. The maximum absolute atomic E-state index is 12.1. The summed E-state index contributed by atoms with van der Waals surface area (Å²) < 4.78 is 28.5. The zero-order valence-corrected chi connectivity index (χ0v) is 15.6. The van der Waals surface area contributed by atoms with Crippen molar-refractivity contribution in [2.24, 2.45) is 0 Å². The summed E-state index contributed by atoms with van der Waals surface area (Å²) in [6, 6.07) is 6.31. The zero-order chi connectivity index (χ0) is 19.5. The Hall–Kier alpha value is -2.22. The van der Waals surface area contributed by atoms with Crippen LogP contribution in [0.25, 0.3) is 0 Å². The average Bonchev–Trinajstić information content (AvgIpc) is 2.56. The smallest absolute Gasteiger partial charge is 0.387 e. The van der Waals surface area contributed by atoms with Gasteiger partial charge in [-0.3, -0.25) is 9.59 Å². The summed E-state index contributed by atoms with van der Waals surface area (Å²) in [5.41, 5.74) is 0.907. The number of quaternary nitrogens is 1. The van der Waals surface area contributed by atoms with Gasteiger partial charge in [0.05, 0.1) is 7.05 Å². The second-order valence-electron chi connectivity index (χ2n) is 6.00. The Balaban J connectivity index is 2.30. The van der Waals surface area contributed by atoms with Gasteiger partial charge in [0.15, 0.2) is 13.1 Å². The molecule has 0 aliphatic heterocycles. The van der Waals surface area contributed by atoms with Gasteiger partial charge in [-0.2, -0.15) is 8.78 Å². The number of hydrogen-bond acceptors (Lipinski definition) is 3. The Morgan fingerprint density at radius 2 is 1.77 bits per heavy atom. The van der Waals surface area contributed by atoms with Crippen LogP contribution in [-0.2, 0) is 16.0 Å². The number of ether oxygens (including phenoxy) is 1. The molecule has 2 N–H and O–H groups in total. The summed E-state index contributed by atoms with van der Waals surface area (Å²) >= 11 is 0. The van der Waals surface area contributed by atoms with Crippen LogP contribution < -0.4 is 15.0 Å². The topological polar surface area (TPSA) is 63.1 Å². The van der Waals surface area contributed by atoms with Crippen LogP contribution in [0.4, 0.5) is 8.78 Å². The van der Waals surface area contributed by atoms with Crippen LogP contribution in [0.3, 0.4) is 0 Å². The van der Waals surface area contributed by atoms with Crippen LogP contribution in [0.5, 0.6) is 5.75 Å². The van der Waals surface area contributed by atoms with Gasteiger partial charge in [0.1, 0.15) is 5.75 Å². The van der Waals surface area contributed by atoms with E-state index in [1.165, 1.54) is 12.1 Å². The molecule has 1 atom stereocenters. The Morgan fingerprint density at radius 3 is 2.31 bits per heavy atom. The van der Waals surface area contributed by atoms with Gasteiger partial charge in [0, 0.05) is 19.6 Å². The van der Waals surface area contributed by atoms with Crippen molar-refractivity contribution in [3.05, 3.63) is 29.8 Å². The van der Waals surface area contributed by atoms with Crippen molar-refractivity contribution in [1.29, 1.82) is 0 Å². The van der Waals surface area contributed by atoms with Crippen LogP contribution in [0.15, 0.2) is 24.3 Å². The van der Waals surface area contributed by atoms with E-state index >= 15 is 0 Å². The first-order valence-electron chi connectivity index (χ1n) is 8.75. The molecule has 0 spiro atoms. The van der Waals surface area contributed by atoms with Gasteiger partial charge in [-0.25, -0.2) is 0 Å². The van der Waals surface area contributed by atoms with Gasteiger partial charge in [-0.15, -0.1) is 0 Å². The Kier molecular flexibility index (Phi) is 9.57. The average molecular weight is 372 g/mol. The molecule has 0 aliphatic carbocycles. The van der Waals surface area contributed by atoms with Crippen LogP contribution >= 0.6 is 0 Å². The van der Waals surface area contributed by atoms with Gasteiger partial charge < -0.3 is 19.9 Å². The Bertz CT molecular complexity index is 563. The lowest BCUT2D eigenvalue weighted by atomic mass is 10.1. The van der Waals surface area contributed by atoms with E-state index in [1.54, 1.807) is 17.0 Å². The number of likely N-dealkylation sites (N-methyl/N-ethyl adjacent to an activating group) is 2. The number of benzene rings is 1. The van der Waals surface area contributed by atoms with Gasteiger partial charge in [0.2, 0.25) is 0 Å². The fourth-order valence-electron chi connectivity index (χ4n) is 2.53. The van der Waals surface area contributed by atoms with Crippen LogP contribution in [0, 0.1) is 0 Å². The predicted octanol–water partition coefficient (Wildman–Crippen LogP) is 0.330. The van der Waals surface area contributed by atoms with E-state index in [2.05, 4.69) is 10.1 Å². The standard InChI is InChI=1S/C18H27F2N3O3/c1-4-23(5-2)17(25)13-22(3)12-16(24)21-11-10-14-6-8-15(9-7-14)26-18(19)20/h6-9,18H,4-5,10-13H2,1-3H3,(H,21,24)/p+1. The molecule has 0 aromatic heterocycles. The van der Waals surface area contributed by atoms with E-state index in [4.69, 9.17) is 0 Å². The molecule has 0 saturated carbocycles. The third kappa shape index (κ3) is 8.24. The monoisotopic (exact) mass is 372 g/mol. The molecule has 26 heavy (non-hydrogen) atoms. The van der Waals surface area contributed by atoms with Gasteiger partial charge in [-0.05, 0) is 38.0 Å². The van der Waals surface area contributed by atoms with Crippen molar-refractivity contribution in [2.75, 3.05) is 39.8 Å². The Labute approximate surface area is 153 Å². The number of alkyl halides is 2. The summed E-state index contributed by atoms with van der Waals surface area (Å²) in [7, 11) is 1.81. The molecular formula is C18H28F2N3O3+. The number of nitrogens with one attached hydrogen (secondary N) is 2. The number of nitrogens with zero attached hydrogens (tertiary/aromatic N) is 1. The fourth-order valence-corrected chi connectivity index (χ4v) is 2.53. The van der Waals surface area contributed by atoms with E-state index in [0.717, 1.165) is 10.5 Å². The lowest BCUT2D eigenvalue weighted by Crippen LogP contribution is -3.11. The second kappa shape index (κ2) is 11.4. The molecule has 0 bridgehead atoms. The summed E-state index contributed by atoms with van der Waals surface area (Å²) in [4.78, 5) is 26.5. The highest BCUT2D eigenvalue weighted by Gasteiger charge is 2.17. The molecule has 8 heteroatoms. The van der Waals surface area contributed by atoms with Crippen molar-refractivity contribution in [3.8, 4) is 5.75 Å². The molecular weight excluding hydrogens is 344 g/mol. The fraction of sp³-hybridized carbons (Fsp3) is 0.556. The van der Waals surface area contributed by atoms with Crippen LogP contribution in [-0.4, -0.2) is 63.1 Å². The summed E-state index contributed by atoms with van der Waals surface area (Å²) in [5, 5.41) is 2.80. The lowest BCUT2D eigenvalue weighted by Gasteiger charge is -2.20. The molecule has 0 saturated heterocycles. The molecule has 1 rings (SSSR count). The summed E-state index contributed by atoms with van der Waals surface area (Å²) in [5.74, 6) is 0.00906. The van der Waals surface area contributed by atoms with Crippen molar-refractivity contribution < 1.29 is 28.0 Å². The molecule has 1 aromatic carbocycles. The second-order valence-corrected chi connectivity index (χ2v) is 6.00. The first-order chi connectivity index (χ1) is 12.3. The van der Waals surface area contributed by atoms with Crippen molar-refractivity contribution in [1.82, 2.24) is 10.2 Å². The molecule has 0 radical (unpaired) electrons. The number of carbonyl (C=O) groups is 2. The maximum Gasteiger partial charge on any atom is 0.387 e. The van der Waals surface area contributed by atoms with Crippen LogP contribution in [0.2, 0.25) is 0 Å². The molecule has 0 heterocycles. The number of amides is 2. The molecule has 2 amide bonds. The zero-order valence-electron chi connectivity index (χ0n) is 15.6. The highest BCUT2D eigenvalue weighted by atomic mass is 19.3. The highest BCUT2D eigenvalue weighted by Crippen LogP contribution is 2.14. The number of carbonyl (C=O) groups excluding carboxylic acids is 2. The minimum absolute atomic E-state index is 0.0337. The number of hydrogen-bond donors (Lipinski definition) is 2. The Morgan fingerprint density at radius 1 is 1.15 bits per heavy atom. The molecule has 6 nitrogen and oxygen atoms in total. The van der Waals surface area contributed by atoms with E-state index in [1.807, 2.05) is 20.9 Å². The molecule has 146 valence electrons. The van der Waals surface area contributed by atoms with Gasteiger partial charge >= 0.3 is 6.61 Å². The molecule has 0 aliphatic rings. The maximum atomic E-state index is 12.1. The van der Waals surface area contributed by atoms with Crippen molar-refractivity contribution in [3.63, 3.8) is 0 Å². The summed E-state index contributed by atoms with van der Waals surface area (Å²) in [6.45, 7) is 3.27. The van der Waals surface area contributed by atoms with Crippen molar-refractivity contribution >= 4 is 11.8 Å². The van der Waals surface area contributed by atoms with E-state index in [-0.39, 0.29) is 30.7 Å². The van der Waals surface area contributed by atoms with E-state index < -0.39 is 6.61 Å². The summed E-state index contributed by atoms with van der Waals surface area (Å²) in [6.07, 6.45) is 0.581. The molecule has 1 aromatic rings. The quantitative estimate of drug-likeness (QED) is 0.589. The SMILES string of the molecule is CCN(CC)C(=O)C[NH+](C)CC(=O)NCCc1ccc(OC(F)F)cc1. The number of halogens is 2.